The minimum atomic E-state index is -0.323. The van der Waals surface area contributed by atoms with Gasteiger partial charge in [0, 0.05) is 11.4 Å². The van der Waals surface area contributed by atoms with Crippen LogP contribution in [-0.4, -0.2) is 42.4 Å². The first-order valence-corrected chi connectivity index (χ1v) is 7.87. The molecular formula is C14H21N3O2S. The molecular weight excluding hydrogens is 274 g/mol. The lowest BCUT2D eigenvalue weighted by atomic mass is 10.0. The van der Waals surface area contributed by atoms with Crippen molar-refractivity contribution in [1.29, 1.82) is 0 Å². The topological polar surface area (TPSA) is 75.4 Å². The summed E-state index contributed by atoms with van der Waals surface area (Å²) in [5.41, 5.74) is 5.39. The van der Waals surface area contributed by atoms with Crippen molar-refractivity contribution < 1.29 is 9.59 Å². The number of rotatable bonds is 6. The third-order valence-electron chi connectivity index (χ3n) is 3.56. The Labute approximate surface area is 123 Å². The zero-order chi connectivity index (χ0) is 14.4. The third-order valence-corrected chi connectivity index (χ3v) is 4.50. The number of amides is 2. The van der Waals surface area contributed by atoms with Gasteiger partial charge in [-0.05, 0) is 37.3 Å². The average Bonchev–Trinajstić information content (AvgIpc) is 2.92. The first-order valence-electron chi connectivity index (χ1n) is 6.99. The van der Waals surface area contributed by atoms with Crippen LogP contribution in [0.25, 0.3) is 0 Å². The van der Waals surface area contributed by atoms with Gasteiger partial charge in [-0.25, -0.2) is 0 Å². The van der Waals surface area contributed by atoms with Crippen LogP contribution in [0.1, 0.15) is 24.1 Å². The largest absolute Gasteiger partial charge is 0.368 e. The zero-order valence-corrected chi connectivity index (χ0v) is 12.3. The minimum absolute atomic E-state index is 0.0327. The molecule has 1 aromatic heterocycles. The Kier molecular flexibility index (Phi) is 5.55. The van der Waals surface area contributed by atoms with Crippen molar-refractivity contribution in [2.45, 2.75) is 31.7 Å². The normalized spacial score (nSPS) is 19.7. The van der Waals surface area contributed by atoms with Crippen LogP contribution in [0.4, 0.5) is 0 Å². The quantitative estimate of drug-likeness (QED) is 0.813. The lowest BCUT2D eigenvalue weighted by Crippen LogP contribution is -2.51. The Balaban J connectivity index is 1.73. The molecule has 20 heavy (non-hydrogen) atoms. The van der Waals surface area contributed by atoms with Gasteiger partial charge in [-0.15, -0.1) is 11.3 Å². The van der Waals surface area contributed by atoms with Crippen LogP contribution in [-0.2, 0) is 16.0 Å². The minimum Gasteiger partial charge on any atom is -0.368 e. The number of hydrogen-bond donors (Lipinski definition) is 2. The molecule has 2 rings (SSSR count). The van der Waals surface area contributed by atoms with Gasteiger partial charge >= 0.3 is 0 Å². The predicted molar refractivity (Wildman–Crippen MR) is 79.4 cm³/mol. The number of piperidine rings is 1. The van der Waals surface area contributed by atoms with Crippen molar-refractivity contribution in [3.63, 3.8) is 0 Å². The maximum absolute atomic E-state index is 11.9. The van der Waals surface area contributed by atoms with Crippen molar-refractivity contribution in [2.24, 2.45) is 5.73 Å². The Morgan fingerprint density at radius 3 is 3.00 bits per heavy atom. The molecule has 0 saturated carbocycles. The van der Waals surface area contributed by atoms with Crippen LogP contribution < -0.4 is 11.1 Å². The average molecular weight is 295 g/mol. The third kappa shape index (κ3) is 4.31. The van der Waals surface area contributed by atoms with Gasteiger partial charge in [-0.3, -0.25) is 14.5 Å². The summed E-state index contributed by atoms with van der Waals surface area (Å²) in [5, 5.41) is 4.93. The molecule has 1 aromatic rings. The molecule has 1 aliphatic rings. The first kappa shape index (κ1) is 15.0. The molecule has 0 radical (unpaired) electrons. The molecule has 0 aromatic carbocycles. The summed E-state index contributed by atoms with van der Waals surface area (Å²) < 4.78 is 0. The van der Waals surface area contributed by atoms with Gasteiger partial charge in [0.15, 0.2) is 0 Å². The van der Waals surface area contributed by atoms with Crippen LogP contribution in [0.5, 0.6) is 0 Å². The Bertz CT molecular complexity index is 447. The summed E-state index contributed by atoms with van der Waals surface area (Å²) in [6, 6.07) is 3.78. The van der Waals surface area contributed by atoms with Gasteiger partial charge in [0.25, 0.3) is 0 Å². The van der Waals surface area contributed by atoms with Crippen molar-refractivity contribution in [2.75, 3.05) is 19.6 Å². The van der Waals surface area contributed by atoms with E-state index in [1.54, 1.807) is 11.3 Å². The number of nitrogens with two attached hydrogens (primary N) is 1. The van der Waals surface area contributed by atoms with E-state index < -0.39 is 0 Å². The van der Waals surface area contributed by atoms with E-state index in [2.05, 4.69) is 11.4 Å². The summed E-state index contributed by atoms with van der Waals surface area (Å²) >= 11 is 1.69. The van der Waals surface area contributed by atoms with E-state index in [1.165, 1.54) is 4.88 Å². The highest BCUT2D eigenvalue weighted by Crippen LogP contribution is 2.16. The molecule has 2 heterocycles. The monoisotopic (exact) mass is 295 g/mol. The number of thiophene rings is 1. The van der Waals surface area contributed by atoms with E-state index in [0.717, 1.165) is 32.2 Å². The molecule has 1 aliphatic heterocycles. The standard InChI is InChI=1S/C14H21N3O2S/c15-14(19)12-5-1-2-8-17(12)10-13(18)16-7-6-11-4-3-9-20-11/h3-4,9,12H,1-2,5-8,10H2,(H2,15,19)(H,16,18)/t12-/m0/s1. The molecule has 110 valence electrons. The van der Waals surface area contributed by atoms with Crippen molar-refractivity contribution in [3.8, 4) is 0 Å². The van der Waals surface area contributed by atoms with Gasteiger partial charge in [0.1, 0.15) is 0 Å². The molecule has 0 bridgehead atoms. The Morgan fingerprint density at radius 2 is 2.30 bits per heavy atom. The van der Waals surface area contributed by atoms with E-state index >= 15 is 0 Å². The fourth-order valence-electron chi connectivity index (χ4n) is 2.52. The van der Waals surface area contributed by atoms with Crippen molar-refractivity contribution in [1.82, 2.24) is 10.2 Å². The highest BCUT2D eigenvalue weighted by atomic mass is 32.1. The number of nitrogens with zero attached hydrogens (tertiary/aromatic N) is 1. The molecule has 5 nitrogen and oxygen atoms in total. The van der Waals surface area contributed by atoms with E-state index in [4.69, 9.17) is 5.73 Å². The van der Waals surface area contributed by atoms with Gasteiger partial charge in [0.2, 0.25) is 11.8 Å². The molecule has 1 atom stereocenters. The van der Waals surface area contributed by atoms with Crippen LogP contribution in [0.15, 0.2) is 17.5 Å². The van der Waals surface area contributed by atoms with Gasteiger partial charge < -0.3 is 11.1 Å². The molecule has 0 aliphatic carbocycles. The zero-order valence-electron chi connectivity index (χ0n) is 11.5. The van der Waals surface area contributed by atoms with Crippen molar-refractivity contribution >= 4 is 23.2 Å². The molecule has 0 unspecified atom stereocenters. The van der Waals surface area contributed by atoms with Crippen LogP contribution in [0.2, 0.25) is 0 Å². The predicted octanol–water partition coefficient (Wildman–Crippen LogP) is 0.747. The Hall–Kier alpha value is -1.40. The molecule has 6 heteroatoms. The van der Waals surface area contributed by atoms with E-state index in [9.17, 15) is 9.59 Å². The smallest absolute Gasteiger partial charge is 0.234 e. The van der Waals surface area contributed by atoms with Gasteiger partial charge in [0.05, 0.1) is 12.6 Å². The molecule has 2 amide bonds. The maximum atomic E-state index is 11.9. The van der Waals surface area contributed by atoms with E-state index in [0.29, 0.717) is 6.54 Å². The number of carbonyl (C=O) groups is 2. The van der Waals surface area contributed by atoms with Crippen LogP contribution in [0, 0.1) is 0 Å². The lowest BCUT2D eigenvalue weighted by Gasteiger charge is -2.32. The van der Waals surface area contributed by atoms with E-state index in [1.807, 2.05) is 16.3 Å². The number of likely N-dealkylation sites (tertiary alicyclic amines) is 1. The van der Waals surface area contributed by atoms with Crippen molar-refractivity contribution in [3.05, 3.63) is 22.4 Å². The Morgan fingerprint density at radius 1 is 1.45 bits per heavy atom. The molecule has 1 fully saturated rings. The van der Waals surface area contributed by atoms with E-state index in [-0.39, 0.29) is 24.4 Å². The second-order valence-electron chi connectivity index (χ2n) is 5.06. The second-order valence-corrected chi connectivity index (χ2v) is 6.10. The number of hydrogen-bond acceptors (Lipinski definition) is 4. The fraction of sp³-hybridized carbons (Fsp3) is 0.571. The van der Waals surface area contributed by atoms with Gasteiger partial charge in [-0.1, -0.05) is 12.5 Å². The fourth-order valence-corrected chi connectivity index (χ4v) is 3.23. The SMILES string of the molecule is NC(=O)[C@@H]1CCCCN1CC(=O)NCCc1cccs1. The number of carbonyl (C=O) groups excluding carboxylic acids is 2. The number of nitrogens with one attached hydrogen (secondary N) is 1. The maximum Gasteiger partial charge on any atom is 0.234 e. The van der Waals surface area contributed by atoms with Gasteiger partial charge in [-0.2, -0.15) is 0 Å². The summed E-state index contributed by atoms with van der Waals surface area (Å²) in [6.07, 6.45) is 3.64. The number of primary amides is 1. The molecule has 0 spiro atoms. The van der Waals surface area contributed by atoms with Crippen LogP contribution in [0.3, 0.4) is 0 Å². The second kappa shape index (κ2) is 7.40. The lowest BCUT2D eigenvalue weighted by molar-refractivity contribution is -0.128. The highest BCUT2D eigenvalue weighted by Gasteiger charge is 2.27. The highest BCUT2D eigenvalue weighted by molar-refractivity contribution is 7.09. The molecule has 3 N–H and O–H groups in total. The molecule has 1 saturated heterocycles. The summed E-state index contributed by atoms with van der Waals surface area (Å²) in [6.45, 7) is 1.67. The van der Waals surface area contributed by atoms with Crippen LogP contribution >= 0.6 is 11.3 Å². The summed E-state index contributed by atoms with van der Waals surface area (Å²) in [7, 11) is 0. The first-order chi connectivity index (χ1) is 9.66. The summed E-state index contributed by atoms with van der Waals surface area (Å²) in [4.78, 5) is 26.4. The summed E-state index contributed by atoms with van der Waals surface area (Å²) in [5.74, 6) is -0.356.